The number of hydrogen-bond donors (Lipinski definition) is 8. The summed E-state index contributed by atoms with van der Waals surface area (Å²) in [5, 5.41) is 22.5. The molecule has 0 aliphatic heterocycles. The molecule has 0 saturated carbocycles. The van der Waals surface area contributed by atoms with E-state index in [1.165, 1.54) is 4.37 Å². The number of nitrogens with two attached hydrogens (primary N) is 4. The van der Waals surface area contributed by atoms with Crippen LogP contribution < -0.4 is 33.6 Å². The molecule has 0 aliphatic rings. The van der Waals surface area contributed by atoms with Crippen LogP contribution in [0.2, 0.25) is 18.0 Å². The van der Waals surface area contributed by atoms with Crippen molar-refractivity contribution >= 4 is 91.4 Å². The summed E-state index contributed by atoms with van der Waals surface area (Å²) in [4.78, 5) is 67.3. The van der Waals surface area contributed by atoms with E-state index >= 15 is 0 Å². The van der Waals surface area contributed by atoms with E-state index in [1.54, 1.807) is 18.7 Å². The molecule has 0 rings (SSSR count). The molecule has 288 valence electrons. The van der Waals surface area contributed by atoms with Crippen molar-refractivity contribution in [1.82, 2.24) is 10.6 Å². The fourth-order valence-electron chi connectivity index (χ4n) is 3.49. The average Bonchev–Trinajstić information content (AvgIpc) is 3.06. The molecular weight excluding hydrogens is 872 g/mol. The Hall–Kier alpha value is -1.11. The third-order valence-electron chi connectivity index (χ3n) is 6.60. The number of aldehydes is 1. The van der Waals surface area contributed by atoms with Crippen LogP contribution in [-0.2, 0) is 28.8 Å². The Morgan fingerprint density at radius 2 is 1.49 bits per heavy atom. The van der Waals surface area contributed by atoms with Gasteiger partial charge < -0.3 is 32.9 Å². The van der Waals surface area contributed by atoms with Crippen molar-refractivity contribution in [3.8, 4) is 0 Å². The van der Waals surface area contributed by atoms with E-state index in [9.17, 15) is 28.8 Å². The minimum absolute atomic E-state index is 0.0111. The first-order chi connectivity index (χ1) is 23.4. The number of thioether (sulfide) groups is 1. The molecule has 0 bridgehead atoms. The van der Waals surface area contributed by atoms with Crippen LogP contribution >= 0.6 is 11.8 Å². The molecule has 0 spiro atoms. The Morgan fingerprint density at radius 1 is 0.898 bits per heavy atom. The average molecular weight is 939 g/mol. The quantitative estimate of drug-likeness (QED) is 0.0303. The van der Waals surface area contributed by atoms with E-state index in [1.807, 2.05) is 4.87 Å². The number of carboxylic acid groups (broad SMARTS) is 1. The summed E-state index contributed by atoms with van der Waals surface area (Å²) in [6.45, 7) is 3.39. The van der Waals surface area contributed by atoms with Gasteiger partial charge in [0.05, 0.1) is 0 Å². The van der Waals surface area contributed by atoms with Crippen molar-refractivity contribution in [2.24, 2.45) is 28.9 Å². The van der Waals surface area contributed by atoms with E-state index in [2.05, 4.69) is 15.5 Å². The van der Waals surface area contributed by atoms with Gasteiger partial charge >= 0.3 is 130 Å². The second-order valence-corrected chi connectivity index (χ2v) is 18.6. The van der Waals surface area contributed by atoms with Crippen LogP contribution in [0.1, 0.15) is 90.4 Å². The van der Waals surface area contributed by atoms with Gasteiger partial charge in [0.2, 0.25) is 18.2 Å². The molecule has 0 aromatic rings. The molecule has 0 heterocycles. The number of aliphatic carboxylic acids is 1. The predicted octanol–water partition coefficient (Wildman–Crippen LogP) is 1.49. The second-order valence-electron chi connectivity index (χ2n) is 11.0. The van der Waals surface area contributed by atoms with E-state index in [0.717, 1.165) is 82.7 Å². The number of rotatable bonds is 29. The first kappa shape index (κ1) is 54.7. The number of carboxylic acids is 1. The van der Waals surface area contributed by atoms with Crippen LogP contribution in [0.4, 0.5) is 0 Å². The van der Waals surface area contributed by atoms with Gasteiger partial charge in [0, 0.05) is 37.9 Å². The van der Waals surface area contributed by atoms with Gasteiger partial charge in [-0.1, -0.05) is 51.9 Å². The van der Waals surface area contributed by atoms with E-state index in [0.29, 0.717) is 38.2 Å². The molecule has 12 N–H and O–H groups in total. The number of carbonyl (C=O) groups is 6. The summed E-state index contributed by atoms with van der Waals surface area (Å²) in [7, 11) is 0. The molecular formula is C32H66N6O8SSb2. The number of primary amides is 2. The van der Waals surface area contributed by atoms with Gasteiger partial charge in [-0.15, -0.1) is 0 Å². The fraction of sp³-hybridized carbons (Fsp3) is 0.812. The zero-order valence-corrected chi connectivity index (χ0v) is 35.9. The normalized spacial score (nSPS) is 11.8. The molecule has 0 aromatic carbocycles. The topological polar surface area (TPSA) is 271 Å². The van der Waals surface area contributed by atoms with E-state index in [-0.39, 0.29) is 89.8 Å². The summed E-state index contributed by atoms with van der Waals surface area (Å²) in [5.74, 6) is 0.181. The molecule has 49 heavy (non-hydrogen) atoms. The summed E-state index contributed by atoms with van der Waals surface area (Å²) >= 11 is 1.39. The van der Waals surface area contributed by atoms with Crippen LogP contribution in [0.3, 0.4) is 0 Å². The molecule has 2 radical (unpaired) electrons. The minimum atomic E-state index is -0.712. The van der Waals surface area contributed by atoms with E-state index < -0.39 is 5.97 Å². The summed E-state index contributed by atoms with van der Waals surface area (Å²) < 4.78 is 1.34. The van der Waals surface area contributed by atoms with Crippen molar-refractivity contribution < 1.29 is 39.0 Å². The molecule has 0 fully saturated rings. The zero-order chi connectivity index (χ0) is 38.1. The maximum atomic E-state index is 11.9. The number of aliphatic hydroxyl groups excluding tert-OH is 1. The van der Waals surface area contributed by atoms with Gasteiger partial charge in [0.1, 0.15) is 0 Å². The molecule has 4 amide bonds. The van der Waals surface area contributed by atoms with Crippen LogP contribution in [0.15, 0.2) is 0 Å². The molecule has 3 atom stereocenters. The Morgan fingerprint density at radius 3 is 1.88 bits per heavy atom. The number of nitrogens with one attached hydrogen (secondary N) is 2. The monoisotopic (exact) mass is 936 g/mol. The van der Waals surface area contributed by atoms with E-state index in [4.69, 9.17) is 33.1 Å². The standard InChI is InChI=1S/C19H37N3O4.C4H10N2O.C4H8NOS.C3H5O2.2CH3.2Sb/c20-13-9-8-11-17(22-16-23)15-18(24)21-14-10-6-4-2-1-3-5-7-12-19(25)26;1-3(2-5)4(6)7;1-2-7-3-4(5)6;4-2-1-3-5;;;;/h16-17H,1-15,20H2,(H,21,24)(H,22,23)(H,25,26);3H,2,5H2,1H3,(H2,6,7);1-3H2,(H2,5,6);1-2,5H,3H2;2*1H3;;. The van der Waals surface area contributed by atoms with Gasteiger partial charge in [0.15, 0.2) is 0 Å². The molecule has 0 saturated heterocycles. The molecule has 0 aromatic heterocycles. The van der Waals surface area contributed by atoms with Gasteiger partial charge in [-0.3, -0.25) is 19.2 Å². The molecule has 17 heteroatoms. The molecule has 3 unspecified atom stereocenters. The van der Waals surface area contributed by atoms with Gasteiger partial charge in [-0.2, -0.15) is 0 Å². The predicted molar refractivity (Wildman–Crippen MR) is 202 cm³/mol. The summed E-state index contributed by atoms with van der Waals surface area (Å²) in [5.41, 5.74) is 20.3. The van der Waals surface area contributed by atoms with Crippen molar-refractivity contribution in [2.45, 2.75) is 114 Å². The Kier molecular flexibility index (Phi) is 50.1. The van der Waals surface area contributed by atoms with Gasteiger partial charge in [-0.25, -0.2) is 0 Å². The van der Waals surface area contributed by atoms with Gasteiger partial charge in [0.25, 0.3) is 0 Å². The zero-order valence-electron chi connectivity index (χ0n) is 30.0. The molecule has 0 aliphatic carbocycles. The fourth-order valence-corrected chi connectivity index (χ4v) is 7.63. The molecule has 14 nitrogen and oxygen atoms in total. The number of unbranched alkanes of at least 4 members (excludes halogenated alkanes) is 8. The Labute approximate surface area is 320 Å². The van der Waals surface area contributed by atoms with Crippen LogP contribution in [0.25, 0.3) is 0 Å². The number of carbonyl (C=O) groups excluding carboxylic acids is 5. The summed E-state index contributed by atoms with van der Waals surface area (Å²) in [6.07, 6.45) is 13.0. The number of aliphatic hydroxyl groups is 1. The number of hydrogen-bond acceptors (Lipinski definition) is 10. The van der Waals surface area contributed by atoms with Crippen LogP contribution in [-0.4, -0.2) is 134 Å². The van der Waals surface area contributed by atoms with Gasteiger partial charge in [-0.05, 0) is 32.2 Å². The van der Waals surface area contributed by atoms with Crippen LogP contribution in [0.5, 0.6) is 0 Å². The Bertz CT molecular complexity index is 815. The third-order valence-corrected chi connectivity index (χ3v) is 13.1. The number of amides is 4. The van der Waals surface area contributed by atoms with Crippen molar-refractivity contribution in [3.63, 3.8) is 0 Å². The first-order valence-corrected chi connectivity index (χ1v) is 26.4. The third kappa shape index (κ3) is 51.4. The van der Waals surface area contributed by atoms with Crippen molar-refractivity contribution in [1.29, 1.82) is 0 Å². The van der Waals surface area contributed by atoms with Crippen molar-refractivity contribution in [3.05, 3.63) is 0 Å². The SMILES string of the molecule is CC(CN)C(N)=O.NCCCCC(CC(=O)NCCCCCCCCCCC(=O)O)NC=O.[CH3][Sb][CH2]CSCC(N)=O.[CH3][Sb][CH](C=O)CO. The Balaban J connectivity index is -0.000000354. The van der Waals surface area contributed by atoms with Crippen molar-refractivity contribution in [2.75, 3.05) is 37.7 Å². The second kappa shape index (κ2) is 44.9. The first-order valence-electron chi connectivity index (χ1n) is 16.8. The van der Waals surface area contributed by atoms with Crippen LogP contribution in [0, 0.1) is 5.92 Å². The summed E-state index contributed by atoms with van der Waals surface area (Å²) in [6, 6.07) is -0.111. The maximum absolute atomic E-state index is 11.9.